The molecule has 0 aliphatic rings. The Morgan fingerprint density at radius 3 is 2.43 bits per heavy atom. The van der Waals surface area contributed by atoms with Gasteiger partial charge in [-0.05, 0) is 40.2 Å². The molecule has 1 unspecified atom stereocenters. The number of aliphatic hydroxyl groups is 1. The van der Waals surface area contributed by atoms with Crippen molar-refractivity contribution in [3.05, 3.63) is 57.0 Å². The van der Waals surface area contributed by atoms with E-state index in [-0.39, 0.29) is 6.61 Å². The summed E-state index contributed by atoms with van der Waals surface area (Å²) in [5.41, 5.74) is 0.910. The number of para-hydroxylation sites is 2. The van der Waals surface area contributed by atoms with Gasteiger partial charge < -0.3 is 15.2 Å². The van der Waals surface area contributed by atoms with Crippen molar-refractivity contribution in [3.63, 3.8) is 0 Å². The Kier molecular flexibility index (Phi) is 6.18. The van der Waals surface area contributed by atoms with E-state index >= 15 is 0 Å². The first-order chi connectivity index (χ1) is 10.1. The van der Waals surface area contributed by atoms with Crippen LogP contribution in [0.25, 0.3) is 0 Å². The average molecular weight is 391 g/mol. The van der Waals surface area contributed by atoms with E-state index in [0.29, 0.717) is 22.3 Å². The van der Waals surface area contributed by atoms with Gasteiger partial charge in [0.25, 0.3) is 0 Å². The van der Waals surface area contributed by atoms with Crippen LogP contribution in [0.5, 0.6) is 5.75 Å². The van der Waals surface area contributed by atoms with Crippen molar-refractivity contribution in [1.82, 2.24) is 0 Å². The lowest BCUT2D eigenvalue weighted by atomic mass is 10.3. The van der Waals surface area contributed by atoms with E-state index in [9.17, 15) is 5.11 Å². The number of aliphatic hydroxyl groups excluding tert-OH is 1. The first kappa shape index (κ1) is 16.4. The summed E-state index contributed by atoms with van der Waals surface area (Å²) in [6.45, 7) is 0.450. The first-order valence-electron chi connectivity index (χ1n) is 6.31. The zero-order valence-electron chi connectivity index (χ0n) is 11.0. The molecule has 1 atom stereocenters. The van der Waals surface area contributed by atoms with Crippen LogP contribution in [-0.2, 0) is 0 Å². The Bertz CT molecular complexity index is 590. The van der Waals surface area contributed by atoms with Crippen LogP contribution in [0, 0.1) is 0 Å². The number of anilines is 1. The zero-order valence-corrected chi connectivity index (χ0v) is 14.1. The molecule has 0 amide bonds. The second kappa shape index (κ2) is 7.90. The van der Waals surface area contributed by atoms with Gasteiger partial charge in [-0.2, -0.15) is 0 Å². The van der Waals surface area contributed by atoms with E-state index in [4.69, 9.17) is 27.9 Å². The summed E-state index contributed by atoms with van der Waals surface area (Å²) in [7, 11) is 0. The van der Waals surface area contributed by atoms with Gasteiger partial charge in [0.15, 0.2) is 5.75 Å². The van der Waals surface area contributed by atoms with Crippen LogP contribution in [0.4, 0.5) is 5.69 Å². The van der Waals surface area contributed by atoms with Crippen molar-refractivity contribution in [2.45, 2.75) is 6.10 Å². The largest absolute Gasteiger partial charge is 0.488 e. The molecule has 21 heavy (non-hydrogen) atoms. The maximum atomic E-state index is 9.96. The molecule has 0 saturated carbocycles. The summed E-state index contributed by atoms with van der Waals surface area (Å²) >= 11 is 15.4. The number of benzene rings is 2. The van der Waals surface area contributed by atoms with Gasteiger partial charge in [-0.25, -0.2) is 0 Å². The molecular weight excluding hydrogens is 377 g/mol. The lowest BCUT2D eigenvalue weighted by molar-refractivity contribution is 0.117. The van der Waals surface area contributed by atoms with E-state index in [2.05, 4.69) is 21.2 Å². The van der Waals surface area contributed by atoms with Gasteiger partial charge in [0.1, 0.15) is 12.7 Å². The normalized spacial score (nSPS) is 12.0. The van der Waals surface area contributed by atoms with Crippen molar-refractivity contribution in [3.8, 4) is 5.75 Å². The Morgan fingerprint density at radius 2 is 1.76 bits per heavy atom. The Labute approximate surface area is 142 Å². The number of hydrogen-bond donors (Lipinski definition) is 2. The second-order valence-corrected chi connectivity index (χ2v) is 6.05. The molecule has 0 aromatic heterocycles. The van der Waals surface area contributed by atoms with E-state index < -0.39 is 6.10 Å². The lowest BCUT2D eigenvalue weighted by Crippen LogP contribution is -2.26. The molecule has 2 aromatic carbocycles. The highest BCUT2D eigenvalue weighted by Gasteiger charge is 2.10. The summed E-state index contributed by atoms with van der Waals surface area (Å²) in [4.78, 5) is 0. The first-order valence-corrected chi connectivity index (χ1v) is 7.86. The molecule has 6 heteroatoms. The molecule has 2 rings (SSSR count). The van der Waals surface area contributed by atoms with Crippen LogP contribution in [0.15, 0.2) is 46.9 Å². The third-order valence-corrected chi connectivity index (χ3v) is 4.03. The maximum Gasteiger partial charge on any atom is 0.156 e. The summed E-state index contributed by atoms with van der Waals surface area (Å²) in [6, 6.07) is 12.8. The zero-order chi connectivity index (χ0) is 15.2. The predicted molar refractivity (Wildman–Crippen MR) is 90.6 cm³/mol. The Morgan fingerprint density at radius 1 is 1.10 bits per heavy atom. The SMILES string of the molecule is OC(CNc1ccccc1Br)COc1c(Cl)cccc1Cl. The number of nitrogens with one attached hydrogen (secondary N) is 1. The lowest BCUT2D eigenvalue weighted by Gasteiger charge is -2.16. The summed E-state index contributed by atoms with van der Waals surface area (Å²) in [5.74, 6) is 0.390. The standard InChI is InChI=1S/C15H14BrCl2NO2/c16-11-4-1-2-7-14(11)19-8-10(20)9-21-15-12(17)5-3-6-13(15)18/h1-7,10,19-20H,8-9H2. The number of hydrogen-bond acceptors (Lipinski definition) is 3. The quantitative estimate of drug-likeness (QED) is 0.756. The molecule has 112 valence electrons. The van der Waals surface area contributed by atoms with Gasteiger partial charge >= 0.3 is 0 Å². The molecule has 0 heterocycles. The Hall–Kier alpha value is -0.940. The third kappa shape index (κ3) is 4.78. The van der Waals surface area contributed by atoms with E-state index in [1.807, 2.05) is 24.3 Å². The van der Waals surface area contributed by atoms with Crippen LogP contribution in [0.3, 0.4) is 0 Å². The fourth-order valence-electron chi connectivity index (χ4n) is 1.69. The van der Waals surface area contributed by atoms with Gasteiger partial charge in [-0.3, -0.25) is 0 Å². The van der Waals surface area contributed by atoms with Gasteiger partial charge in [0, 0.05) is 16.7 Å². The second-order valence-electron chi connectivity index (χ2n) is 4.38. The van der Waals surface area contributed by atoms with Gasteiger partial charge in [-0.15, -0.1) is 0 Å². The molecule has 0 aliphatic heterocycles. The number of rotatable bonds is 6. The Balaban J connectivity index is 1.85. The minimum absolute atomic E-state index is 0.0981. The number of halogens is 3. The van der Waals surface area contributed by atoms with Crippen LogP contribution >= 0.6 is 39.1 Å². The molecule has 2 N–H and O–H groups in total. The molecule has 0 aliphatic carbocycles. The van der Waals surface area contributed by atoms with Gasteiger partial charge in [-0.1, -0.05) is 41.4 Å². The third-order valence-electron chi connectivity index (χ3n) is 2.74. The fourth-order valence-corrected chi connectivity index (χ4v) is 2.62. The minimum Gasteiger partial charge on any atom is -0.488 e. The van der Waals surface area contributed by atoms with Crippen molar-refractivity contribution in [2.75, 3.05) is 18.5 Å². The van der Waals surface area contributed by atoms with Crippen molar-refractivity contribution in [2.24, 2.45) is 0 Å². The molecule has 0 fully saturated rings. The summed E-state index contributed by atoms with van der Waals surface area (Å²) < 4.78 is 6.42. The van der Waals surface area contributed by atoms with E-state index in [1.54, 1.807) is 18.2 Å². The molecule has 0 bridgehead atoms. The van der Waals surface area contributed by atoms with Gasteiger partial charge in [0.05, 0.1) is 10.0 Å². The van der Waals surface area contributed by atoms with E-state index in [0.717, 1.165) is 10.2 Å². The molecule has 0 radical (unpaired) electrons. The summed E-state index contributed by atoms with van der Waals surface area (Å²) in [6.07, 6.45) is -0.690. The average Bonchev–Trinajstić information content (AvgIpc) is 2.46. The highest BCUT2D eigenvalue weighted by molar-refractivity contribution is 9.10. The van der Waals surface area contributed by atoms with Crippen molar-refractivity contribution in [1.29, 1.82) is 0 Å². The monoisotopic (exact) mass is 389 g/mol. The molecular formula is C15H14BrCl2NO2. The van der Waals surface area contributed by atoms with Crippen LogP contribution in [0.2, 0.25) is 10.0 Å². The van der Waals surface area contributed by atoms with Crippen LogP contribution in [-0.4, -0.2) is 24.4 Å². The van der Waals surface area contributed by atoms with E-state index in [1.165, 1.54) is 0 Å². The van der Waals surface area contributed by atoms with Crippen molar-refractivity contribution < 1.29 is 9.84 Å². The van der Waals surface area contributed by atoms with Crippen LogP contribution in [0.1, 0.15) is 0 Å². The fraction of sp³-hybridized carbons (Fsp3) is 0.200. The smallest absolute Gasteiger partial charge is 0.156 e. The molecule has 2 aromatic rings. The number of ether oxygens (including phenoxy) is 1. The minimum atomic E-state index is -0.690. The molecule has 0 spiro atoms. The summed E-state index contributed by atoms with van der Waals surface area (Å²) in [5, 5.41) is 13.9. The predicted octanol–water partition coefficient (Wildman–Crippen LogP) is 4.61. The van der Waals surface area contributed by atoms with Crippen molar-refractivity contribution >= 4 is 44.8 Å². The maximum absolute atomic E-state index is 9.96. The van der Waals surface area contributed by atoms with Crippen LogP contribution < -0.4 is 10.1 Å². The molecule has 3 nitrogen and oxygen atoms in total. The topological polar surface area (TPSA) is 41.5 Å². The highest BCUT2D eigenvalue weighted by atomic mass is 79.9. The highest BCUT2D eigenvalue weighted by Crippen LogP contribution is 2.32. The van der Waals surface area contributed by atoms with Gasteiger partial charge in [0.2, 0.25) is 0 Å². The molecule has 0 saturated heterocycles.